The van der Waals surface area contributed by atoms with Gasteiger partial charge in [0, 0.05) is 5.22 Å². The maximum Gasteiger partial charge on any atom is 0.190 e. The quantitative estimate of drug-likeness (QED) is 0.367. The minimum Gasteiger partial charge on any atom is -0.414 e. The second-order valence-corrected chi connectivity index (χ2v) is 19.7. The third kappa shape index (κ3) is 5.71. The molecule has 0 aromatic rings. The van der Waals surface area contributed by atoms with Gasteiger partial charge in [-0.15, -0.1) is 0 Å². The zero-order chi connectivity index (χ0) is 18.7. The van der Waals surface area contributed by atoms with Crippen LogP contribution in [0.4, 0.5) is 0 Å². The molecule has 1 unspecified atom stereocenters. The third-order valence-corrected chi connectivity index (χ3v) is 13.6. The fourth-order valence-corrected chi connectivity index (χ4v) is 13.9. The maximum absolute atomic E-state index is 7.21. The van der Waals surface area contributed by atoms with E-state index >= 15 is 0 Å². The van der Waals surface area contributed by atoms with Gasteiger partial charge in [-0.1, -0.05) is 74.5 Å². The van der Waals surface area contributed by atoms with E-state index in [-0.39, 0.29) is 5.22 Å². The van der Waals surface area contributed by atoms with Gasteiger partial charge < -0.3 is 4.43 Å². The molecular weight excluding hydrogens is 312 g/mol. The van der Waals surface area contributed by atoms with Crippen LogP contribution in [-0.2, 0) is 4.43 Å². The number of hydrogen-bond donors (Lipinski definition) is 0. The summed E-state index contributed by atoms with van der Waals surface area (Å²) in [6.07, 6.45) is 4.87. The van der Waals surface area contributed by atoms with Gasteiger partial charge in [-0.2, -0.15) is 0 Å². The summed E-state index contributed by atoms with van der Waals surface area (Å²) in [4.78, 5) is 0. The van der Waals surface area contributed by atoms with E-state index < -0.39 is 16.4 Å². The molecule has 23 heavy (non-hydrogen) atoms. The Bertz CT molecular complexity index is 349. The molecule has 0 aliphatic rings. The van der Waals surface area contributed by atoms with Crippen molar-refractivity contribution in [1.29, 1.82) is 0 Å². The molecule has 0 saturated heterocycles. The van der Waals surface area contributed by atoms with Crippen molar-refractivity contribution >= 4 is 16.4 Å². The smallest absolute Gasteiger partial charge is 0.190 e. The van der Waals surface area contributed by atoms with Crippen molar-refractivity contribution in [2.24, 2.45) is 11.3 Å². The third-order valence-electron chi connectivity index (χ3n) is 6.09. The molecule has 0 fully saturated rings. The summed E-state index contributed by atoms with van der Waals surface area (Å²) in [7, 11) is -3.17. The normalized spacial score (nSPS) is 16.0. The Balaban J connectivity index is 5.65. The number of hydrogen-bond acceptors (Lipinski definition) is 1. The summed E-state index contributed by atoms with van der Waals surface area (Å²) < 4.78 is 7.21. The van der Waals surface area contributed by atoms with Crippen LogP contribution in [0.5, 0.6) is 0 Å². The summed E-state index contributed by atoms with van der Waals surface area (Å²) in [5.74, 6) is 0.753. The van der Waals surface area contributed by atoms with E-state index in [1.165, 1.54) is 12.8 Å². The van der Waals surface area contributed by atoms with Crippen LogP contribution in [0.2, 0.25) is 38.3 Å². The summed E-state index contributed by atoms with van der Waals surface area (Å²) in [6, 6.07) is 0. The first-order chi connectivity index (χ1) is 10.2. The summed E-state index contributed by atoms with van der Waals surface area (Å²) in [5.41, 5.74) is 1.08. The molecule has 0 heterocycles. The highest BCUT2D eigenvalue weighted by Gasteiger charge is 2.50. The lowest BCUT2D eigenvalue weighted by molar-refractivity contribution is 0.108. The zero-order valence-electron chi connectivity index (χ0n) is 18.4. The predicted molar refractivity (Wildman–Crippen MR) is 113 cm³/mol. The molecule has 1 atom stereocenters. The molecule has 0 spiro atoms. The van der Waals surface area contributed by atoms with E-state index in [9.17, 15) is 0 Å². The average Bonchev–Trinajstić information content (AvgIpc) is 2.32. The predicted octanol–water partition coefficient (Wildman–Crippen LogP) is 7.50. The molecule has 0 rings (SSSR count). The van der Waals surface area contributed by atoms with Crippen LogP contribution >= 0.6 is 0 Å². The Kier molecular flexibility index (Phi) is 8.32. The topological polar surface area (TPSA) is 9.23 Å². The van der Waals surface area contributed by atoms with E-state index in [0.717, 1.165) is 18.8 Å². The van der Waals surface area contributed by atoms with Crippen molar-refractivity contribution in [3.8, 4) is 0 Å². The average molecular weight is 359 g/mol. The lowest BCUT2D eigenvalue weighted by Crippen LogP contribution is -2.60. The molecule has 0 aliphatic carbocycles. The molecule has 0 radical (unpaired) electrons. The molecule has 3 heteroatoms. The van der Waals surface area contributed by atoms with Crippen LogP contribution in [0.15, 0.2) is 0 Å². The van der Waals surface area contributed by atoms with Crippen LogP contribution in [0.1, 0.15) is 74.1 Å². The Morgan fingerprint density at radius 2 is 1.30 bits per heavy atom. The van der Waals surface area contributed by atoms with Crippen molar-refractivity contribution in [1.82, 2.24) is 0 Å². The minimum absolute atomic E-state index is 0.143. The highest BCUT2D eigenvalue weighted by Crippen LogP contribution is 2.49. The van der Waals surface area contributed by atoms with Crippen molar-refractivity contribution in [2.75, 3.05) is 0 Å². The van der Waals surface area contributed by atoms with Crippen molar-refractivity contribution in [2.45, 2.75) is 118 Å². The molecule has 0 N–H and O–H groups in total. The lowest BCUT2D eigenvalue weighted by atomic mass is 9.80. The van der Waals surface area contributed by atoms with Crippen molar-refractivity contribution < 1.29 is 4.43 Å². The zero-order valence-corrected chi connectivity index (χ0v) is 20.4. The van der Waals surface area contributed by atoms with Gasteiger partial charge in [-0.05, 0) is 49.2 Å². The second-order valence-electron chi connectivity index (χ2n) is 10.2. The Labute approximate surface area is 150 Å². The van der Waals surface area contributed by atoms with Gasteiger partial charge in [0.05, 0.1) is 8.07 Å². The lowest BCUT2D eigenvalue weighted by Gasteiger charge is -2.52. The highest BCUT2D eigenvalue weighted by atomic mass is 28.4. The highest BCUT2D eigenvalue weighted by molar-refractivity contribution is 6.81. The van der Waals surface area contributed by atoms with Gasteiger partial charge in [-0.3, -0.25) is 0 Å². The maximum atomic E-state index is 7.21. The molecule has 0 saturated carbocycles. The van der Waals surface area contributed by atoms with E-state index in [1.54, 1.807) is 0 Å². The van der Waals surface area contributed by atoms with Gasteiger partial charge in [-0.25, -0.2) is 0 Å². The molecule has 0 aromatic carbocycles. The SMILES string of the molecule is CCC(C(C)(C)CC(C)C)[Si](C)(C)OC(CC)(CC)[Si](C)(C)C. The van der Waals surface area contributed by atoms with E-state index in [0.29, 0.717) is 11.0 Å². The van der Waals surface area contributed by atoms with Crippen LogP contribution < -0.4 is 0 Å². The molecule has 0 amide bonds. The Hall–Kier alpha value is 0.394. The monoisotopic (exact) mass is 358 g/mol. The van der Waals surface area contributed by atoms with Gasteiger partial charge in [0.15, 0.2) is 8.32 Å². The van der Waals surface area contributed by atoms with Gasteiger partial charge in [0.1, 0.15) is 0 Å². The fourth-order valence-electron chi connectivity index (χ4n) is 5.36. The largest absolute Gasteiger partial charge is 0.414 e. The Morgan fingerprint density at radius 1 is 0.870 bits per heavy atom. The molecule has 0 bridgehead atoms. The van der Waals surface area contributed by atoms with Crippen LogP contribution in [-0.4, -0.2) is 21.6 Å². The van der Waals surface area contributed by atoms with E-state index in [4.69, 9.17) is 4.43 Å². The van der Waals surface area contributed by atoms with Gasteiger partial charge in [0.25, 0.3) is 0 Å². The summed E-state index contributed by atoms with van der Waals surface area (Å²) in [5, 5.41) is 0.143. The first-order valence-electron chi connectivity index (χ1n) is 9.89. The first kappa shape index (κ1) is 23.4. The van der Waals surface area contributed by atoms with Gasteiger partial charge in [0.2, 0.25) is 0 Å². The van der Waals surface area contributed by atoms with Crippen molar-refractivity contribution in [3.63, 3.8) is 0 Å². The van der Waals surface area contributed by atoms with E-state index in [1.807, 2.05) is 0 Å². The minimum atomic E-state index is -1.79. The van der Waals surface area contributed by atoms with E-state index in [2.05, 4.69) is 81.2 Å². The molecule has 140 valence electrons. The van der Waals surface area contributed by atoms with Crippen LogP contribution in [0, 0.1) is 11.3 Å². The standard InChI is InChI=1S/C20H46OSi2/c1-13-18(19(6,7)16-17(4)5)23(11,12)21-20(14-2,15-3)22(8,9)10/h17-18H,13-16H2,1-12H3. The fraction of sp³-hybridized carbons (Fsp3) is 1.00. The first-order valence-corrected chi connectivity index (χ1v) is 16.4. The molecule has 0 aromatic heterocycles. The molecule has 0 aliphatic heterocycles. The van der Waals surface area contributed by atoms with Crippen molar-refractivity contribution in [3.05, 3.63) is 0 Å². The van der Waals surface area contributed by atoms with Crippen LogP contribution in [0.3, 0.4) is 0 Å². The number of rotatable bonds is 10. The Morgan fingerprint density at radius 3 is 1.57 bits per heavy atom. The summed E-state index contributed by atoms with van der Waals surface area (Å²) >= 11 is 0. The second kappa shape index (κ2) is 8.18. The molecular formula is C20H46OSi2. The summed E-state index contributed by atoms with van der Waals surface area (Å²) in [6.45, 7) is 29.2. The molecule has 1 nitrogen and oxygen atoms in total. The van der Waals surface area contributed by atoms with Gasteiger partial charge >= 0.3 is 0 Å². The van der Waals surface area contributed by atoms with Crippen LogP contribution in [0.25, 0.3) is 0 Å².